The second-order valence-electron chi connectivity index (χ2n) is 13.2. The molecule has 4 aliphatic carbocycles. The average Bonchev–Trinajstić information content (AvgIpc) is 2.97. The van der Waals surface area contributed by atoms with Gasteiger partial charge >= 0.3 is 5.97 Å². The summed E-state index contributed by atoms with van der Waals surface area (Å²) in [6.45, 7) is 14.2. The van der Waals surface area contributed by atoms with Gasteiger partial charge in [-0.25, -0.2) is 0 Å². The molecule has 2 nitrogen and oxygen atoms in total. The first kappa shape index (κ1) is 24.3. The Hall–Kier alpha value is -0.790. The summed E-state index contributed by atoms with van der Waals surface area (Å²) in [6, 6.07) is 0. The second-order valence-corrected chi connectivity index (χ2v) is 13.2. The fraction of sp³-hybridized carbons (Fsp3) is 0.900. The number of hydrogen-bond donors (Lipinski definition) is 0. The minimum Gasteiger partial charge on any atom is -0.432 e. The molecule has 0 aliphatic heterocycles. The lowest BCUT2D eigenvalue weighted by Gasteiger charge is -2.59. The van der Waals surface area contributed by atoms with Gasteiger partial charge in [-0.2, -0.15) is 0 Å². The third-order valence-corrected chi connectivity index (χ3v) is 11.0. The van der Waals surface area contributed by atoms with E-state index in [1.165, 1.54) is 64.2 Å². The Morgan fingerprint density at radius 1 is 1.00 bits per heavy atom. The van der Waals surface area contributed by atoms with Crippen LogP contribution in [0.15, 0.2) is 11.8 Å². The average molecular weight is 443 g/mol. The molecule has 8 atom stereocenters. The minimum absolute atomic E-state index is 0.151. The molecule has 32 heavy (non-hydrogen) atoms. The normalized spacial score (nSPS) is 42.3. The number of carbonyl (C=O) groups excluding carboxylic acids is 1. The molecular formula is C30H50O2. The van der Waals surface area contributed by atoms with Crippen molar-refractivity contribution in [2.75, 3.05) is 0 Å². The Kier molecular flexibility index (Phi) is 7.19. The number of carbonyl (C=O) groups is 1. The van der Waals surface area contributed by atoms with Crippen LogP contribution in [-0.4, -0.2) is 5.97 Å². The van der Waals surface area contributed by atoms with Gasteiger partial charge in [0.15, 0.2) is 0 Å². The van der Waals surface area contributed by atoms with Gasteiger partial charge in [0, 0.05) is 13.3 Å². The van der Waals surface area contributed by atoms with Crippen molar-refractivity contribution in [2.45, 2.75) is 119 Å². The maximum Gasteiger partial charge on any atom is 0.307 e. The topological polar surface area (TPSA) is 26.3 Å². The number of allylic oxidation sites excluding steroid dienone is 2. The van der Waals surface area contributed by atoms with Crippen LogP contribution >= 0.6 is 0 Å². The Morgan fingerprint density at radius 3 is 2.47 bits per heavy atom. The summed E-state index contributed by atoms with van der Waals surface area (Å²) >= 11 is 0. The van der Waals surface area contributed by atoms with E-state index in [1.807, 2.05) is 0 Å². The van der Waals surface area contributed by atoms with Gasteiger partial charge in [0.05, 0.1) is 0 Å². The molecule has 3 saturated carbocycles. The fourth-order valence-electron chi connectivity index (χ4n) is 9.42. The van der Waals surface area contributed by atoms with E-state index in [2.05, 4.69) is 40.7 Å². The lowest BCUT2D eigenvalue weighted by Crippen LogP contribution is -2.52. The van der Waals surface area contributed by atoms with E-state index in [1.54, 1.807) is 6.92 Å². The summed E-state index contributed by atoms with van der Waals surface area (Å²) in [5.41, 5.74) is 0.997. The molecule has 4 rings (SSSR count). The largest absolute Gasteiger partial charge is 0.432 e. The zero-order valence-corrected chi connectivity index (χ0v) is 21.9. The fourth-order valence-corrected chi connectivity index (χ4v) is 9.42. The van der Waals surface area contributed by atoms with Gasteiger partial charge in [-0.05, 0) is 110 Å². The second kappa shape index (κ2) is 9.46. The van der Waals surface area contributed by atoms with Crippen LogP contribution < -0.4 is 0 Å². The van der Waals surface area contributed by atoms with Crippen molar-refractivity contribution < 1.29 is 9.53 Å². The summed E-state index contributed by atoms with van der Waals surface area (Å²) in [6.07, 6.45) is 18.4. The molecule has 0 aromatic rings. The molecule has 0 N–H and O–H groups in total. The number of fused-ring (bicyclic) bond motifs is 5. The van der Waals surface area contributed by atoms with Crippen LogP contribution in [0.5, 0.6) is 0 Å². The highest BCUT2D eigenvalue weighted by atomic mass is 16.5. The van der Waals surface area contributed by atoms with Crippen molar-refractivity contribution >= 4 is 5.97 Å². The molecule has 8 unspecified atom stereocenters. The molecule has 0 aromatic heterocycles. The van der Waals surface area contributed by atoms with E-state index in [-0.39, 0.29) is 5.97 Å². The van der Waals surface area contributed by atoms with E-state index in [0.717, 1.165) is 54.1 Å². The zero-order valence-electron chi connectivity index (χ0n) is 21.9. The monoisotopic (exact) mass is 442 g/mol. The Bertz CT molecular complexity index is 708. The van der Waals surface area contributed by atoms with E-state index < -0.39 is 0 Å². The van der Waals surface area contributed by atoms with E-state index in [0.29, 0.717) is 16.7 Å². The highest BCUT2D eigenvalue weighted by Gasteiger charge is 2.60. The minimum atomic E-state index is -0.151. The maximum absolute atomic E-state index is 11.6. The standard InChI is InChI=1S/C30H50O2/c1-20(2)9-7-10-21(3)26-14-15-27-25-13-12-23-19-24(32-22(4)31)11-8-17-29(23,5)28(25)16-18-30(26,27)6/h11,20-21,23,25-28H,7-10,12-19H2,1-6H3. The van der Waals surface area contributed by atoms with E-state index >= 15 is 0 Å². The first-order chi connectivity index (χ1) is 15.1. The quantitative estimate of drug-likeness (QED) is 0.385. The summed E-state index contributed by atoms with van der Waals surface area (Å²) in [5.74, 6) is 6.92. The smallest absolute Gasteiger partial charge is 0.307 e. The Labute approximate surface area is 198 Å². The van der Waals surface area contributed by atoms with Crippen LogP contribution in [0.25, 0.3) is 0 Å². The molecule has 0 radical (unpaired) electrons. The Morgan fingerprint density at radius 2 is 1.75 bits per heavy atom. The third-order valence-electron chi connectivity index (χ3n) is 11.0. The lowest BCUT2D eigenvalue weighted by atomic mass is 9.45. The number of ether oxygens (including phenoxy) is 1. The molecule has 0 bridgehead atoms. The zero-order chi connectivity index (χ0) is 23.1. The van der Waals surface area contributed by atoms with Gasteiger partial charge in [-0.3, -0.25) is 4.79 Å². The number of esters is 1. The molecule has 182 valence electrons. The third kappa shape index (κ3) is 4.46. The molecule has 0 heterocycles. The van der Waals surface area contributed by atoms with Crippen molar-refractivity contribution in [2.24, 2.45) is 52.3 Å². The van der Waals surface area contributed by atoms with Crippen LogP contribution in [-0.2, 0) is 9.53 Å². The SMILES string of the molecule is CC(=O)OC1=CCCC2(C)C(CCC3C2CCC2(C)C(C(C)CCCC(C)C)CCC32)C1. The van der Waals surface area contributed by atoms with Crippen LogP contribution in [0.1, 0.15) is 119 Å². The molecule has 0 spiro atoms. The van der Waals surface area contributed by atoms with Gasteiger partial charge < -0.3 is 4.74 Å². The van der Waals surface area contributed by atoms with Crippen LogP contribution in [0.2, 0.25) is 0 Å². The van der Waals surface area contributed by atoms with Crippen molar-refractivity contribution in [3.63, 3.8) is 0 Å². The molecule has 2 heteroatoms. The summed E-state index contributed by atoms with van der Waals surface area (Å²) in [4.78, 5) is 11.6. The van der Waals surface area contributed by atoms with Crippen LogP contribution in [0.3, 0.4) is 0 Å². The summed E-state index contributed by atoms with van der Waals surface area (Å²) < 4.78 is 5.60. The van der Waals surface area contributed by atoms with Crippen molar-refractivity contribution in [3.05, 3.63) is 11.8 Å². The first-order valence-electron chi connectivity index (χ1n) is 14.0. The predicted octanol–water partition coefficient (Wildman–Crippen LogP) is 8.55. The Balaban J connectivity index is 1.46. The first-order valence-corrected chi connectivity index (χ1v) is 14.0. The summed E-state index contributed by atoms with van der Waals surface area (Å²) in [5, 5.41) is 0. The van der Waals surface area contributed by atoms with Gasteiger partial charge in [0.25, 0.3) is 0 Å². The lowest BCUT2D eigenvalue weighted by molar-refractivity contribution is -0.138. The molecule has 4 aliphatic rings. The van der Waals surface area contributed by atoms with Crippen LogP contribution in [0, 0.1) is 52.3 Å². The van der Waals surface area contributed by atoms with Gasteiger partial charge in [0.1, 0.15) is 5.76 Å². The predicted molar refractivity (Wildman–Crippen MR) is 133 cm³/mol. The van der Waals surface area contributed by atoms with Crippen molar-refractivity contribution in [1.82, 2.24) is 0 Å². The van der Waals surface area contributed by atoms with Crippen molar-refractivity contribution in [3.8, 4) is 0 Å². The van der Waals surface area contributed by atoms with E-state index in [4.69, 9.17) is 4.74 Å². The maximum atomic E-state index is 11.6. The number of hydrogen-bond acceptors (Lipinski definition) is 2. The highest BCUT2D eigenvalue weighted by Crippen LogP contribution is 2.68. The molecule has 0 aromatic carbocycles. The van der Waals surface area contributed by atoms with Gasteiger partial charge in [0.2, 0.25) is 0 Å². The molecule has 0 amide bonds. The molecular weight excluding hydrogens is 392 g/mol. The molecule has 3 fully saturated rings. The van der Waals surface area contributed by atoms with E-state index in [9.17, 15) is 4.79 Å². The number of rotatable bonds is 6. The summed E-state index contributed by atoms with van der Waals surface area (Å²) in [7, 11) is 0. The van der Waals surface area contributed by atoms with Crippen molar-refractivity contribution in [1.29, 1.82) is 0 Å². The molecule has 0 saturated heterocycles. The van der Waals surface area contributed by atoms with Crippen LogP contribution in [0.4, 0.5) is 0 Å². The van der Waals surface area contributed by atoms with Gasteiger partial charge in [-0.1, -0.05) is 53.9 Å². The highest BCUT2D eigenvalue weighted by molar-refractivity contribution is 5.67. The van der Waals surface area contributed by atoms with Gasteiger partial charge in [-0.15, -0.1) is 0 Å².